The van der Waals surface area contributed by atoms with Crippen LogP contribution in [0.5, 0.6) is 0 Å². The van der Waals surface area contributed by atoms with Gasteiger partial charge in [-0.2, -0.15) is 0 Å². The SMILES string of the molecule is CCC(NC(=O)c1csc(C#CCN)c1)C(C)C. The van der Waals surface area contributed by atoms with E-state index in [1.807, 2.05) is 11.4 Å². The summed E-state index contributed by atoms with van der Waals surface area (Å²) in [5.41, 5.74) is 5.99. The van der Waals surface area contributed by atoms with Gasteiger partial charge < -0.3 is 11.1 Å². The first-order valence-corrected chi connectivity index (χ1v) is 7.04. The average Bonchev–Trinajstić information content (AvgIpc) is 2.81. The third-order valence-electron chi connectivity index (χ3n) is 2.74. The smallest absolute Gasteiger partial charge is 0.252 e. The van der Waals surface area contributed by atoms with Crippen LogP contribution >= 0.6 is 11.3 Å². The van der Waals surface area contributed by atoms with Crippen molar-refractivity contribution >= 4 is 17.2 Å². The minimum absolute atomic E-state index is 0.0207. The summed E-state index contributed by atoms with van der Waals surface area (Å²) in [6, 6.07) is 2.03. The second kappa shape index (κ2) is 7.20. The van der Waals surface area contributed by atoms with Crippen LogP contribution in [0, 0.1) is 17.8 Å². The van der Waals surface area contributed by atoms with Gasteiger partial charge in [0, 0.05) is 11.4 Å². The molecule has 3 N–H and O–H groups in total. The number of carbonyl (C=O) groups excluding carboxylic acids is 1. The summed E-state index contributed by atoms with van der Waals surface area (Å²) in [6.07, 6.45) is 0.938. The molecule has 0 spiro atoms. The van der Waals surface area contributed by atoms with Gasteiger partial charge in [-0.25, -0.2) is 0 Å². The zero-order chi connectivity index (χ0) is 13.5. The van der Waals surface area contributed by atoms with Crippen molar-refractivity contribution < 1.29 is 4.79 Å². The van der Waals surface area contributed by atoms with Gasteiger partial charge in [-0.1, -0.05) is 32.6 Å². The Kier molecular flexibility index (Phi) is 5.90. The Morgan fingerprint density at radius 2 is 2.28 bits per heavy atom. The van der Waals surface area contributed by atoms with Crippen molar-refractivity contribution in [1.29, 1.82) is 0 Å². The molecule has 1 rings (SSSR count). The summed E-state index contributed by atoms with van der Waals surface area (Å²) >= 11 is 1.47. The summed E-state index contributed by atoms with van der Waals surface area (Å²) in [6.45, 7) is 6.64. The van der Waals surface area contributed by atoms with Crippen molar-refractivity contribution in [3.63, 3.8) is 0 Å². The zero-order valence-electron chi connectivity index (χ0n) is 11.1. The van der Waals surface area contributed by atoms with Gasteiger partial charge in [0.1, 0.15) is 0 Å². The van der Waals surface area contributed by atoms with Gasteiger partial charge in [0.15, 0.2) is 0 Å². The fourth-order valence-electron chi connectivity index (χ4n) is 1.65. The van der Waals surface area contributed by atoms with E-state index >= 15 is 0 Å². The first-order valence-electron chi connectivity index (χ1n) is 6.16. The van der Waals surface area contributed by atoms with Gasteiger partial charge >= 0.3 is 0 Å². The Bertz CT molecular complexity index is 454. The molecule has 1 unspecified atom stereocenters. The molecular weight excluding hydrogens is 244 g/mol. The minimum Gasteiger partial charge on any atom is -0.349 e. The molecular formula is C14H20N2OS. The molecule has 1 atom stereocenters. The quantitative estimate of drug-likeness (QED) is 0.819. The highest BCUT2D eigenvalue weighted by Crippen LogP contribution is 2.14. The molecule has 0 radical (unpaired) electrons. The van der Waals surface area contributed by atoms with Gasteiger partial charge in [-0.05, 0) is 18.4 Å². The maximum Gasteiger partial charge on any atom is 0.252 e. The monoisotopic (exact) mass is 264 g/mol. The number of hydrogen-bond acceptors (Lipinski definition) is 3. The fourth-order valence-corrected chi connectivity index (χ4v) is 2.41. The topological polar surface area (TPSA) is 55.1 Å². The summed E-state index contributed by atoms with van der Waals surface area (Å²) < 4.78 is 0. The minimum atomic E-state index is -0.0207. The second-order valence-corrected chi connectivity index (χ2v) is 5.35. The molecule has 0 aromatic carbocycles. The van der Waals surface area contributed by atoms with E-state index in [1.165, 1.54) is 11.3 Å². The Hall–Kier alpha value is -1.31. The maximum absolute atomic E-state index is 12.0. The Balaban J connectivity index is 2.69. The van der Waals surface area contributed by atoms with E-state index in [9.17, 15) is 4.79 Å². The van der Waals surface area contributed by atoms with Crippen LogP contribution in [0.2, 0.25) is 0 Å². The van der Waals surface area contributed by atoms with Crippen molar-refractivity contribution in [3.05, 3.63) is 21.9 Å². The van der Waals surface area contributed by atoms with Crippen LogP contribution in [-0.2, 0) is 0 Å². The first kappa shape index (κ1) is 14.7. The predicted octanol–water partition coefficient (Wildman–Crippen LogP) is 2.22. The van der Waals surface area contributed by atoms with Crippen LogP contribution in [0.3, 0.4) is 0 Å². The van der Waals surface area contributed by atoms with Crippen LogP contribution in [0.4, 0.5) is 0 Å². The summed E-state index contributed by atoms with van der Waals surface area (Å²) in [7, 11) is 0. The lowest BCUT2D eigenvalue weighted by Gasteiger charge is -2.20. The largest absolute Gasteiger partial charge is 0.349 e. The Morgan fingerprint density at radius 3 is 2.83 bits per heavy atom. The Labute approximate surface area is 113 Å². The molecule has 0 saturated carbocycles. The van der Waals surface area contributed by atoms with Gasteiger partial charge in [0.2, 0.25) is 0 Å². The van der Waals surface area contributed by atoms with E-state index in [4.69, 9.17) is 5.73 Å². The molecule has 18 heavy (non-hydrogen) atoms. The van der Waals surface area contributed by atoms with Gasteiger partial charge in [0.25, 0.3) is 5.91 Å². The maximum atomic E-state index is 12.0. The lowest BCUT2D eigenvalue weighted by atomic mass is 10.0. The van der Waals surface area contributed by atoms with Gasteiger partial charge in [-0.15, -0.1) is 11.3 Å². The number of hydrogen-bond donors (Lipinski definition) is 2. The van der Waals surface area contributed by atoms with Crippen LogP contribution in [0.15, 0.2) is 11.4 Å². The average molecular weight is 264 g/mol. The molecule has 98 valence electrons. The highest BCUT2D eigenvalue weighted by Gasteiger charge is 2.15. The highest BCUT2D eigenvalue weighted by atomic mass is 32.1. The summed E-state index contributed by atoms with van der Waals surface area (Å²) in [4.78, 5) is 12.9. The highest BCUT2D eigenvalue weighted by molar-refractivity contribution is 7.10. The van der Waals surface area contributed by atoms with Crippen LogP contribution < -0.4 is 11.1 Å². The number of nitrogens with one attached hydrogen (secondary N) is 1. The van der Waals surface area contributed by atoms with E-state index in [-0.39, 0.29) is 11.9 Å². The second-order valence-electron chi connectivity index (χ2n) is 4.44. The summed E-state index contributed by atoms with van der Waals surface area (Å²) in [5.74, 6) is 6.13. The zero-order valence-corrected chi connectivity index (χ0v) is 11.9. The lowest BCUT2D eigenvalue weighted by Crippen LogP contribution is -2.37. The fraction of sp³-hybridized carbons (Fsp3) is 0.500. The van der Waals surface area contributed by atoms with Gasteiger partial charge in [-0.3, -0.25) is 4.79 Å². The molecule has 3 nitrogen and oxygen atoms in total. The molecule has 1 amide bonds. The van der Waals surface area contributed by atoms with Gasteiger partial charge in [0.05, 0.1) is 17.0 Å². The summed E-state index contributed by atoms with van der Waals surface area (Å²) in [5, 5.41) is 4.88. The number of carbonyl (C=O) groups is 1. The third kappa shape index (κ3) is 4.17. The van der Waals surface area contributed by atoms with Crippen molar-refractivity contribution in [2.24, 2.45) is 11.7 Å². The first-order chi connectivity index (χ1) is 8.58. The normalized spacial score (nSPS) is 11.8. The predicted molar refractivity (Wildman–Crippen MR) is 76.6 cm³/mol. The number of thiophene rings is 1. The van der Waals surface area contributed by atoms with E-state index < -0.39 is 0 Å². The number of amides is 1. The van der Waals surface area contributed by atoms with E-state index in [1.54, 1.807) is 0 Å². The van der Waals surface area contributed by atoms with Crippen LogP contribution in [0.1, 0.15) is 42.4 Å². The third-order valence-corrected chi connectivity index (χ3v) is 3.58. The van der Waals surface area contributed by atoms with E-state index in [2.05, 4.69) is 37.9 Å². The molecule has 1 heterocycles. The molecule has 0 aliphatic heterocycles. The van der Waals surface area contributed by atoms with Crippen molar-refractivity contribution in [2.45, 2.75) is 33.2 Å². The molecule has 0 aliphatic rings. The number of nitrogens with two attached hydrogens (primary N) is 1. The molecule has 1 aromatic heterocycles. The molecule has 0 bridgehead atoms. The molecule has 0 saturated heterocycles. The lowest BCUT2D eigenvalue weighted by molar-refractivity contribution is 0.0925. The van der Waals surface area contributed by atoms with E-state index in [0.717, 1.165) is 11.3 Å². The van der Waals surface area contributed by atoms with E-state index in [0.29, 0.717) is 18.0 Å². The molecule has 4 heteroatoms. The van der Waals surface area contributed by atoms with Crippen LogP contribution in [0.25, 0.3) is 0 Å². The van der Waals surface area contributed by atoms with Crippen molar-refractivity contribution in [1.82, 2.24) is 5.32 Å². The Morgan fingerprint density at radius 1 is 1.56 bits per heavy atom. The van der Waals surface area contributed by atoms with Crippen molar-refractivity contribution in [2.75, 3.05) is 6.54 Å². The molecule has 0 aliphatic carbocycles. The van der Waals surface area contributed by atoms with Crippen molar-refractivity contribution in [3.8, 4) is 11.8 Å². The number of rotatable bonds is 4. The standard InChI is InChI=1S/C14H20N2OS/c1-4-13(10(2)3)16-14(17)11-8-12(18-9-11)6-5-7-15/h8-10,13H,4,7,15H2,1-3H3,(H,16,17). The molecule has 1 aromatic rings. The molecule has 0 fully saturated rings. The van der Waals surface area contributed by atoms with Crippen LogP contribution in [-0.4, -0.2) is 18.5 Å².